The number of nitrogens with zero attached hydrogens (tertiary/aromatic N) is 3. The Morgan fingerprint density at radius 1 is 1.21 bits per heavy atom. The Hall–Kier alpha value is -3.16. The number of carbonyl (C=O) groups excluding carboxylic acids is 1. The second-order valence-corrected chi connectivity index (χ2v) is 9.86. The zero-order valence-electron chi connectivity index (χ0n) is 18.8. The van der Waals surface area contributed by atoms with Crippen LogP contribution in [0.4, 0.5) is 9.39 Å². The average Bonchev–Trinajstić information content (AvgIpc) is 3.21. The second kappa shape index (κ2) is 8.56. The van der Waals surface area contributed by atoms with Crippen LogP contribution in [0.3, 0.4) is 0 Å². The number of aromatic hydroxyl groups is 1. The fraction of sp³-hybridized carbons (Fsp3) is 0.231. The summed E-state index contributed by atoms with van der Waals surface area (Å²) < 4.78 is 20.4. The molecule has 0 saturated carbocycles. The van der Waals surface area contributed by atoms with Crippen molar-refractivity contribution in [2.45, 2.75) is 25.9 Å². The van der Waals surface area contributed by atoms with Crippen LogP contribution in [0.1, 0.15) is 13.8 Å². The van der Waals surface area contributed by atoms with Gasteiger partial charge in [0.25, 0.3) is 0 Å². The number of phenols is 1. The Bertz CT molecular complexity index is 1440. The SMILES string of the molecule is C=CC(=O)N1C[C@@H](C)N(c2snc3c(F)c(-c4cc(O)cc5ccccc45)c(Cl)cc23)[C@H](C)C1. The van der Waals surface area contributed by atoms with Crippen molar-refractivity contribution in [2.24, 2.45) is 0 Å². The number of halogens is 2. The highest BCUT2D eigenvalue weighted by molar-refractivity contribution is 7.11. The van der Waals surface area contributed by atoms with Gasteiger partial charge < -0.3 is 14.9 Å². The third kappa shape index (κ3) is 3.60. The summed E-state index contributed by atoms with van der Waals surface area (Å²) in [5.74, 6) is -0.566. The van der Waals surface area contributed by atoms with Gasteiger partial charge in [0.15, 0.2) is 5.82 Å². The first kappa shape index (κ1) is 22.6. The van der Waals surface area contributed by atoms with Crippen molar-refractivity contribution in [1.82, 2.24) is 9.27 Å². The van der Waals surface area contributed by atoms with Crippen molar-refractivity contribution < 1.29 is 14.3 Å². The highest BCUT2D eigenvalue weighted by Crippen LogP contribution is 2.44. The Morgan fingerprint density at radius 3 is 2.62 bits per heavy atom. The maximum Gasteiger partial charge on any atom is 0.246 e. The van der Waals surface area contributed by atoms with Crippen LogP contribution in [0.15, 0.2) is 55.1 Å². The lowest BCUT2D eigenvalue weighted by molar-refractivity contribution is -0.127. The van der Waals surface area contributed by atoms with Gasteiger partial charge in [-0.2, -0.15) is 4.37 Å². The van der Waals surface area contributed by atoms with Gasteiger partial charge in [-0.05, 0) is 66.0 Å². The Morgan fingerprint density at radius 2 is 1.91 bits per heavy atom. The number of phenolic OH excluding ortho intramolecular Hbond substituents is 1. The molecule has 2 atom stereocenters. The summed E-state index contributed by atoms with van der Waals surface area (Å²) in [5, 5.41) is 13.6. The predicted octanol–water partition coefficient (Wildman–Crippen LogP) is 6.23. The predicted molar refractivity (Wildman–Crippen MR) is 137 cm³/mol. The molecule has 0 unspecified atom stereocenters. The van der Waals surface area contributed by atoms with E-state index in [1.165, 1.54) is 23.7 Å². The normalized spacial score (nSPS) is 18.6. The first-order valence-corrected chi connectivity index (χ1v) is 12.1. The van der Waals surface area contributed by atoms with E-state index in [0.717, 1.165) is 15.8 Å². The highest BCUT2D eigenvalue weighted by Gasteiger charge is 2.34. The summed E-state index contributed by atoms with van der Waals surface area (Å²) in [6, 6.07) is 12.4. The third-order valence-corrected chi connectivity index (χ3v) is 7.58. The number of hydrogen-bond acceptors (Lipinski definition) is 5. The molecule has 1 N–H and O–H groups in total. The summed E-state index contributed by atoms with van der Waals surface area (Å²) in [7, 11) is 0. The number of benzene rings is 3. The van der Waals surface area contributed by atoms with Gasteiger partial charge in [0.05, 0.1) is 5.02 Å². The van der Waals surface area contributed by atoms with Gasteiger partial charge in [0.2, 0.25) is 5.91 Å². The first-order valence-electron chi connectivity index (χ1n) is 11.0. The molecule has 2 heterocycles. The molecule has 0 radical (unpaired) electrons. The van der Waals surface area contributed by atoms with Crippen molar-refractivity contribution in [3.8, 4) is 16.9 Å². The molecule has 0 spiro atoms. The van der Waals surface area contributed by atoms with E-state index >= 15 is 4.39 Å². The minimum Gasteiger partial charge on any atom is -0.508 e. The first-order chi connectivity index (χ1) is 16.3. The average molecular weight is 496 g/mol. The van der Waals surface area contributed by atoms with E-state index in [1.807, 2.05) is 38.1 Å². The number of carbonyl (C=O) groups is 1. The topological polar surface area (TPSA) is 56.7 Å². The molecule has 34 heavy (non-hydrogen) atoms. The fourth-order valence-corrected chi connectivity index (χ4v) is 6.32. The van der Waals surface area contributed by atoms with Crippen molar-refractivity contribution in [3.05, 3.63) is 66.0 Å². The van der Waals surface area contributed by atoms with Gasteiger partial charge in [0, 0.05) is 36.1 Å². The minimum atomic E-state index is -0.512. The van der Waals surface area contributed by atoms with E-state index in [0.29, 0.717) is 24.0 Å². The molecule has 4 aromatic rings. The van der Waals surface area contributed by atoms with Crippen molar-refractivity contribution >= 4 is 55.7 Å². The van der Waals surface area contributed by atoms with E-state index in [4.69, 9.17) is 11.6 Å². The zero-order chi connectivity index (χ0) is 24.1. The summed E-state index contributed by atoms with van der Waals surface area (Å²) in [4.78, 5) is 16.1. The maximum absolute atomic E-state index is 16.0. The lowest BCUT2D eigenvalue weighted by atomic mass is 9.96. The number of amides is 1. The van der Waals surface area contributed by atoms with Crippen molar-refractivity contribution in [3.63, 3.8) is 0 Å². The molecule has 0 aliphatic carbocycles. The lowest BCUT2D eigenvalue weighted by Crippen LogP contribution is -2.57. The Labute approximate surface area is 205 Å². The monoisotopic (exact) mass is 495 g/mol. The molecule has 1 aliphatic heterocycles. The van der Waals surface area contributed by atoms with Gasteiger partial charge >= 0.3 is 0 Å². The number of piperazine rings is 1. The van der Waals surface area contributed by atoms with E-state index < -0.39 is 5.82 Å². The molecule has 3 aromatic carbocycles. The molecular weight excluding hydrogens is 473 g/mol. The Balaban J connectivity index is 1.63. The molecule has 1 fully saturated rings. The standard InChI is InChI=1S/C26H23ClFN3O2S/c1-4-22(33)30-12-14(2)31(15(3)13-30)26-20-11-21(27)23(24(28)25(20)29-34-26)19-10-17(32)9-16-7-5-6-8-18(16)19/h4-11,14-15,32H,1,12-13H2,2-3H3/t14-,15-/m1/s1. The molecule has 5 rings (SSSR count). The smallest absolute Gasteiger partial charge is 0.246 e. The number of fused-ring (bicyclic) bond motifs is 2. The molecule has 1 amide bonds. The second-order valence-electron chi connectivity index (χ2n) is 8.70. The summed E-state index contributed by atoms with van der Waals surface area (Å²) in [5.41, 5.74) is 0.990. The molecule has 8 heteroatoms. The van der Waals surface area contributed by atoms with E-state index in [-0.39, 0.29) is 39.8 Å². The fourth-order valence-electron chi connectivity index (χ4n) is 4.97. The van der Waals surface area contributed by atoms with Crippen LogP contribution >= 0.6 is 23.1 Å². The molecule has 1 aromatic heterocycles. The van der Waals surface area contributed by atoms with Gasteiger partial charge in [-0.25, -0.2) is 4.39 Å². The van der Waals surface area contributed by atoms with E-state index in [9.17, 15) is 9.90 Å². The van der Waals surface area contributed by atoms with Gasteiger partial charge in [-0.15, -0.1) is 0 Å². The largest absolute Gasteiger partial charge is 0.508 e. The number of rotatable bonds is 3. The van der Waals surface area contributed by atoms with Crippen LogP contribution in [-0.2, 0) is 4.79 Å². The number of anilines is 1. The van der Waals surface area contributed by atoms with Crippen molar-refractivity contribution in [1.29, 1.82) is 0 Å². The maximum atomic E-state index is 16.0. The van der Waals surface area contributed by atoms with Gasteiger partial charge in [-0.1, -0.05) is 42.4 Å². The molecule has 5 nitrogen and oxygen atoms in total. The van der Waals surface area contributed by atoms with Crippen molar-refractivity contribution in [2.75, 3.05) is 18.0 Å². The summed E-state index contributed by atoms with van der Waals surface area (Å²) in [6.07, 6.45) is 1.33. The number of hydrogen-bond donors (Lipinski definition) is 1. The van der Waals surface area contributed by atoms with Crippen LogP contribution in [0.5, 0.6) is 5.75 Å². The van der Waals surface area contributed by atoms with Crippen LogP contribution in [-0.4, -0.2) is 45.5 Å². The molecule has 1 aliphatic rings. The quantitative estimate of drug-likeness (QED) is 0.342. The number of aromatic nitrogens is 1. The molecular formula is C26H23ClFN3O2S. The molecule has 1 saturated heterocycles. The van der Waals surface area contributed by atoms with E-state index in [1.54, 1.807) is 17.0 Å². The lowest BCUT2D eigenvalue weighted by Gasteiger charge is -2.44. The highest BCUT2D eigenvalue weighted by atomic mass is 35.5. The molecule has 0 bridgehead atoms. The third-order valence-electron chi connectivity index (χ3n) is 6.40. The van der Waals surface area contributed by atoms with Crippen LogP contribution in [0.2, 0.25) is 5.02 Å². The van der Waals surface area contributed by atoms with Gasteiger partial charge in [0.1, 0.15) is 16.3 Å². The zero-order valence-corrected chi connectivity index (χ0v) is 20.3. The van der Waals surface area contributed by atoms with Crippen LogP contribution in [0.25, 0.3) is 32.8 Å². The Kier molecular flexibility index (Phi) is 5.70. The van der Waals surface area contributed by atoms with Crippen LogP contribution in [0, 0.1) is 5.82 Å². The van der Waals surface area contributed by atoms with Gasteiger partial charge in [-0.3, -0.25) is 4.79 Å². The minimum absolute atomic E-state index is 0.00725. The summed E-state index contributed by atoms with van der Waals surface area (Å²) >= 11 is 7.92. The summed E-state index contributed by atoms with van der Waals surface area (Å²) in [6.45, 7) is 8.74. The molecule has 174 valence electrons. The van der Waals surface area contributed by atoms with E-state index in [2.05, 4.69) is 15.9 Å². The van der Waals surface area contributed by atoms with Crippen LogP contribution < -0.4 is 4.90 Å².